The molecule has 0 amide bonds. The highest BCUT2D eigenvalue weighted by Crippen LogP contribution is 2.50. The molecule has 3 saturated carbocycles. The molecular weight excluding hydrogens is 196 g/mol. The zero-order valence-corrected chi connectivity index (χ0v) is 10.5. The summed E-state index contributed by atoms with van der Waals surface area (Å²) in [7, 11) is 0. The summed E-state index contributed by atoms with van der Waals surface area (Å²) in [6.45, 7) is 1.76. The average Bonchev–Trinajstić information content (AvgIpc) is 2.34. The van der Waals surface area contributed by atoms with E-state index in [0.717, 1.165) is 36.8 Å². The predicted molar refractivity (Wildman–Crippen MR) is 69.0 cm³/mol. The van der Waals surface area contributed by atoms with Crippen LogP contribution in [0.2, 0.25) is 0 Å². The van der Waals surface area contributed by atoms with Crippen molar-refractivity contribution in [3.63, 3.8) is 0 Å². The quantitative estimate of drug-likeness (QED) is 0.728. The summed E-state index contributed by atoms with van der Waals surface area (Å²) in [6, 6.07) is 0. The van der Waals surface area contributed by atoms with Crippen molar-refractivity contribution in [3.05, 3.63) is 0 Å². The Balaban J connectivity index is 1.81. The Kier molecular flexibility index (Phi) is 4.66. The van der Waals surface area contributed by atoms with Gasteiger partial charge in [0.15, 0.2) is 0 Å². The topological polar surface area (TPSA) is 52.0 Å². The molecule has 4 unspecified atom stereocenters. The molecule has 0 aromatic rings. The van der Waals surface area contributed by atoms with Gasteiger partial charge in [0.25, 0.3) is 0 Å². The summed E-state index contributed by atoms with van der Waals surface area (Å²) in [4.78, 5) is 0. The molecule has 3 aliphatic carbocycles. The van der Waals surface area contributed by atoms with Gasteiger partial charge < -0.3 is 11.5 Å². The number of hydrogen-bond donors (Lipinski definition) is 2. The van der Waals surface area contributed by atoms with Crippen LogP contribution >= 0.6 is 0 Å². The normalized spacial score (nSPS) is 37.9. The minimum atomic E-state index is 0.879. The van der Waals surface area contributed by atoms with Crippen LogP contribution in [0.3, 0.4) is 0 Å². The van der Waals surface area contributed by atoms with E-state index in [0.29, 0.717) is 0 Å². The number of fused-ring (bicyclic) bond motifs is 3. The molecule has 0 radical (unpaired) electrons. The maximum atomic E-state index is 5.62. The van der Waals surface area contributed by atoms with Gasteiger partial charge in [-0.25, -0.2) is 0 Å². The lowest BCUT2D eigenvalue weighted by molar-refractivity contribution is 0.0313. The first-order chi connectivity index (χ1) is 7.85. The molecule has 0 saturated heterocycles. The largest absolute Gasteiger partial charge is 0.330 e. The van der Waals surface area contributed by atoms with Crippen LogP contribution in [0.15, 0.2) is 0 Å². The number of hydrogen-bond acceptors (Lipinski definition) is 2. The maximum Gasteiger partial charge on any atom is -0.00772 e. The molecule has 16 heavy (non-hydrogen) atoms. The molecule has 2 bridgehead atoms. The van der Waals surface area contributed by atoms with E-state index >= 15 is 0 Å². The molecule has 0 spiro atoms. The van der Waals surface area contributed by atoms with E-state index < -0.39 is 0 Å². The van der Waals surface area contributed by atoms with Crippen LogP contribution < -0.4 is 11.5 Å². The minimum Gasteiger partial charge on any atom is -0.330 e. The number of rotatable bonds is 6. The first kappa shape index (κ1) is 12.4. The fraction of sp³-hybridized carbons (Fsp3) is 1.00. The van der Waals surface area contributed by atoms with Crippen LogP contribution in [0.5, 0.6) is 0 Å². The van der Waals surface area contributed by atoms with Gasteiger partial charge in [-0.1, -0.05) is 0 Å². The molecule has 4 N–H and O–H groups in total. The van der Waals surface area contributed by atoms with Crippen LogP contribution in [-0.4, -0.2) is 13.1 Å². The molecule has 2 heteroatoms. The lowest BCUT2D eigenvalue weighted by Gasteiger charge is -2.48. The van der Waals surface area contributed by atoms with Crippen LogP contribution in [0, 0.1) is 23.7 Å². The molecule has 3 fully saturated rings. The van der Waals surface area contributed by atoms with E-state index in [9.17, 15) is 0 Å². The van der Waals surface area contributed by atoms with E-state index in [2.05, 4.69) is 0 Å². The van der Waals surface area contributed by atoms with Gasteiger partial charge in [0.1, 0.15) is 0 Å². The molecule has 4 atom stereocenters. The third-order valence-corrected chi connectivity index (χ3v) is 5.01. The molecule has 2 nitrogen and oxygen atoms in total. The summed E-state index contributed by atoms with van der Waals surface area (Å²) in [5.74, 6) is 4.08. The van der Waals surface area contributed by atoms with Gasteiger partial charge in [-0.05, 0) is 88.1 Å². The molecule has 3 aliphatic rings. The molecule has 0 aliphatic heterocycles. The Morgan fingerprint density at radius 3 is 1.50 bits per heavy atom. The SMILES string of the molecule is NCCCC1CC2CCC1CC2CCCN. The minimum absolute atomic E-state index is 0.879. The van der Waals surface area contributed by atoms with E-state index in [-0.39, 0.29) is 0 Å². The first-order valence-corrected chi connectivity index (χ1v) is 7.25. The Bertz CT molecular complexity index is 183. The van der Waals surface area contributed by atoms with Gasteiger partial charge >= 0.3 is 0 Å². The lowest BCUT2D eigenvalue weighted by Crippen LogP contribution is -2.38. The van der Waals surface area contributed by atoms with Gasteiger partial charge in [0.05, 0.1) is 0 Å². The molecule has 0 heterocycles. The van der Waals surface area contributed by atoms with Crippen molar-refractivity contribution < 1.29 is 0 Å². The third kappa shape index (κ3) is 2.78. The molecule has 0 aromatic heterocycles. The first-order valence-electron chi connectivity index (χ1n) is 7.25. The molecule has 94 valence electrons. The molecule has 3 rings (SSSR count). The van der Waals surface area contributed by atoms with Crippen molar-refractivity contribution in [1.82, 2.24) is 0 Å². The lowest BCUT2D eigenvalue weighted by atomic mass is 9.58. The molecule has 0 aromatic carbocycles. The monoisotopic (exact) mass is 224 g/mol. The second kappa shape index (κ2) is 6.02. The van der Waals surface area contributed by atoms with Crippen LogP contribution in [0.25, 0.3) is 0 Å². The van der Waals surface area contributed by atoms with Crippen molar-refractivity contribution in [2.75, 3.05) is 13.1 Å². The van der Waals surface area contributed by atoms with E-state index in [1.54, 1.807) is 0 Å². The second-order valence-electron chi connectivity index (χ2n) is 5.95. The Morgan fingerprint density at radius 1 is 0.750 bits per heavy atom. The fourth-order valence-electron chi connectivity index (χ4n) is 4.15. The fourth-order valence-corrected chi connectivity index (χ4v) is 4.15. The van der Waals surface area contributed by atoms with Crippen LogP contribution in [0.4, 0.5) is 0 Å². The summed E-state index contributed by atoms with van der Waals surface area (Å²) in [5, 5.41) is 0. The zero-order valence-electron chi connectivity index (χ0n) is 10.5. The highest BCUT2D eigenvalue weighted by atomic mass is 14.5. The van der Waals surface area contributed by atoms with Crippen molar-refractivity contribution in [3.8, 4) is 0 Å². The van der Waals surface area contributed by atoms with Gasteiger partial charge in [0.2, 0.25) is 0 Å². The molecular formula is C14H28N2. The standard InChI is InChI=1S/C14H28N2/c15-7-1-3-11-9-14-6-5-13(11)10-12(14)4-2-8-16/h11-14H,1-10,15-16H2. The van der Waals surface area contributed by atoms with E-state index in [1.807, 2.05) is 0 Å². The van der Waals surface area contributed by atoms with Crippen molar-refractivity contribution in [1.29, 1.82) is 0 Å². The Hall–Kier alpha value is -0.0800. The summed E-state index contributed by atoms with van der Waals surface area (Å²) >= 11 is 0. The summed E-state index contributed by atoms with van der Waals surface area (Å²) in [6.07, 6.45) is 11.3. The number of nitrogens with two attached hydrogens (primary N) is 2. The zero-order chi connectivity index (χ0) is 11.4. The second-order valence-corrected chi connectivity index (χ2v) is 5.95. The van der Waals surface area contributed by atoms with Gasteiger partial charge in [-0.15, -0.1) is 0 Å². The van der Waals surface area contributed by atoms with Gasteiger partial charge in [-0.3, -0.25) is 0 Å². The highest BCUT2D eigenvalue weighted by Gasteiger charge is 2.40. The predicted octanol–water partition coefficient (Wildman–Crippen LogP) is 2.52. The van der Waals surface area contributed by atoms with Gasteiger partial charge in [-0.2, -0.15) is 0 Å². The summed E-state index contributed by atoms with van der Waals surface area (Å²) < 4.78 is 0. The Morgan fingerprint density at radius 2 is 1.19 bits per heavy atom. The van der Waals surface area contributed by atoms with Gasteiger partial charge in [0, 0.05) is 0 Å². The van der Waals surface area contributed by atoms with Crippen molar-refractivity contribution >= 4 is 0 Å². The van der Waals surface area contributed by atoms with E-state index in [4.69, 9.17) is 11.5 Å². The highest BCUT2D eigenvalue weighted by molar-refractivity contribution is 4.91. The Labute approximate surface area is 100 Å². The van der Waals surface area contributed by atoms with Crippen molar-refractivity contribution in [2.45, 2.75) is 51.4 Å². The maximum absolute atomic E-state index is 5.62. The van der Waals surface area contributed by atoms with Crippen LogP contribution in [-0.2, 0) is 0 Å². The van der Waals surface area contributed by atoms with Crippen molar-refractivity contribution in [2.24, 2.45) is 35.1 Å². The van der Waals surface area contributed by atoms with Crippen LogP contribution in [0.1, 0.15) is 51.4 Å². The smallest absolute Gasteiger partial charge is 0.00772 e. The average molecular weight is 224 g/mol. The summed E-state index contributed by atoms with van der Waals surface area (Å²) in [5.41, 5.74) is 11.2. The third-order valence-electron chi connectivity index (χ3n) is 5.01. The van der Waals surface area contributed by atoms with E-state index in [1.165, 1.54) is 51.4 Å².